The normalized spacial score (nSPS) is 12.8. The van der Waals surface area contributed by atoms with E-state index < -0.39 is 19.1 Å². The van der Waals surface area contributed by atoms with Crippen LogP contribution in [0.4, 0.5) is 0 Å². The maximum atomic E-state index is 11.2. The second-order valence-electron chi connectivity index (χ2n) is 3.35. The quantitative estimate of drug-likeness (QED) is 0.815. The molecule has 0 radical (unpaired) electrons. The van der Waals surface area contributed by atoms with Crippen LogP contribution in [0, 0.1) is 13.8 Å². The van der Waals surface area contributed by atoms with Crippen molar-refractivity contribution in [3.63, 3.8) is 0 Å². The first kappa shape index (κ1) is 13.4. The summed E-state index contributed by atoms with van der Waals surface area (Å²) in [6, 6.07) is 2.26. The Balaban J connectivity index is 3.72. The van der Waals surface area contributed by atoms with Gasteiger partial charge in [-0.2, -0.15) is 0 Å². The van der Waals surface area contributed by atoms with Gasteiger partial charge in [0.1, 0.15) is 0 Å². The molecule has 0 heterocycles. The van der Waals surface area contributed by atoms with Gasteiger partial charge in [0.25, 0.3) is 9.05 Å². The monoisotopic (exact) mass is 283 g/mol. The molecular formula is C8H10ClNO4S2. The van der Waals surface area contributed by atoms with Gasteiger partial charge in [-0.3, -0.25) is 0 Å². The van der Waals surface area contributed by atoms with Gasteiger partial charge in [0, 0.05) is 10.7 Å². The molecule has 0 aliphatic heterocycles. The van der Waals surface area contributed by atoms with Crippen LogP contribution in [-0.4, -0.2) is 16.8 Å². The molecule has 16 heavy (non-hydrogen) atoms. The van der Waals surface area contributed by atoms with Gasteiger partial charge in [0.15, 0.2) is 0 Å². The van der Waals surface area contributed by atoms with Crippen LogP contribution in [0.15, 0.2) is 21.9 Å². The van der Waals surface area contributed by atoms with Crippen molar-refractivity contribution < 1.29 is 16.8 Å². The summed E-state index contributed by atoms with van der Waals surface area (Å²) in [5, 5.41) is 4.92. The van der Waals surface area contributed by atoms with E-state index in [1.54, 1.807) is 6.92 Å². The SMILES string of the molecule is Cc1cc(S(N)(=O)=O)cc(S(=O)(=O)Cl)c1C. The van der Waals surface area contributed by atoms with Crippen molar-refractivity contribution in [2.45, 2.75) is 23.6 Å². The molecule has 2 N–H and O–H groups in total. The highest BCUT2D eigenvalue weighted by Crippen LogP contribution is 2.25. The van der Waals surface area contributed by atoms with E-state index in [0.29, 0.717) is 11.1 Å². The second kappa shape index (κ2) is 3.99. The summed E-state index contributed by atoms with van der Waals surface area (Å²) in [7, 11) is -2.74. The highest BCUT2D eigenvalue weighted by molar-refractivity contribution is 8.13. The van der Waals surface area contributed by atoms with Crippen molar-refractivity contribution in [3.8, 4) is 0 Å². The van der Waals surface area contributed by atoms with Gasteiger partial charge < -0.3 is 0 Å². The number of nitrogens with two attached hydrogens (primary N) is 1. The molecular weight excluding hydrogens is 274 g/mol. The van der Waals surface area contributed by atoms with E-state index in [0.717, 1.165) is 6.07 Å². The smallest absolute Gasteiger partial charge is 0.225 e. The molecule has 0 bridgehead atoms. The summed E-state index contributed by atoms with van der Waals surface area (Å²) in [5.74, 6) is 0. The number of primary sulfonamides is 1. The van der Waals surface area contributed by atoms with Gasteiger partial charge in [0.05, 0.1) is 9.79 Å². The third-order valence-corrected chi connectivity index (χ3v) is 4.53. The maximum absolute atomic E-state index is 11.2. The minimum atomic E-state index is -3.99. The highest BCUT2D eigenvalue weighted by Gasteiger charge is 2.19. The van der Waals surface area contributed by atoms with Crippen LogP contribution >= 0.6 is 10.7 Å². The van der Waals surface area contributed by atoms with Crippen LogP contribution in [0.1, 0.15) is 11.1 Å². The molecule has 0 atom stereocenters. The summed E-state index contributed by atoms with van der Waals surface area (Å²) in [5.41, 5.74) is 0.896. The van der Waals surface area contributed by atoms with Crippen molar-refractivity contribution in [3.05, 3.63) is 23.3 Å². The average Bonchev–Trinajstić information content (AvgIpc) is 2.05. The highest BCUT2D eigenvalue weighted by atomic mass is 35.7. The lowest BCUT2D eigenvalue weighted by Gasteiger charge is -2.08. The third-order valence-electron chi connectivity index (χ3n) is 2.18. The molecule has 0 fully saturated rings. The summed E-state index contributed by atoms with van der Waals surface area (Å²) >= 11 is 0. The van der Waals surface area contributed by atoms with Crippen molar-refractivity contribution in [2.24, 2.45) is 5.14 Å². The molecule has 1 aromatic rings. The fourth-order valence-corrected chi connectivity index (χ4v) is 3.19. The van der Waals surface area contributed by atoms with Crippen molar-refractivity contribution in [2.75, 3.05) is 0 Å². The first-order valence-electron chi connectivity index (χ1n) is 4.12. The van der Waals surface area contributed by atoms with Crippen LogP contribution in [-0.2, 0) is 19.1 Å². The summed E-state index contributed by atoms with van der Waals surface area (Å²) in [6.45, 7) is 3.12. The Kier molecular flexibility index (Phi) is 3.35. The standard InChI is InChI=1S/C8H10ClNO4S2/c1-5-3-7(16(10,13)14)4-8(6(5)2)15(9,11)12/h3-4H,1-2H3,(H2,10,13,14). The van der Waals surface area contributed by atoms with Gasteiger partial charge in [-0.25, -0.2) is 22.0 Å². The number of rotatable bonds is 2. The van der Waals surface area contributed by atoms with E-state index in [9.17, 15) is 16.8 Å². The molecule has 1 rings (SSSR count). The van der Waals surface area contributed by atoms with E-state index in [1.165, 1.54) is 13.0 Å². The molecule has 0 unspecified atom stereocenters. The van der Waals surface area contributed by atoms with Gasteiger partial charge in [-0.1, -0.05) is 0 Å². The van der Waals surface area contributed by atoms with Gasteiger partial charge in [-0.05, 0) is 37.1 Å². The fraction of sp³-hybridized carbons (Fsp3) is 0.250. The molecule has 0 saturated carbocycles. The number of benzene rings is 1. The lowest BCUT2D eigenvalue weighted by Crippen LogP contribution is -2.13. The zero-order valence-corrected chi connectivity index (χ0v) is 10.9. The third kappa shape index (κ3) is 2.73. The molecule has 8 heteroatoms. The predicted octanol–water partition coefficient (Wildman–Crippen LogP) is 0.878. The number of sulfonamides is 1. The Labute approximate surface area is 98.7 Å². The van der Waals surface area contributed by atoms with E-state index in [4.69, 9.17) is 15.8 Å². The topological polar surface area (TPSA) is 94.3 Å². The molecule has 0 aliphatic rings. The van der Waals surface area contributed by atoms with Crippen molar-refractivity contribution in [1.29, 1.82) is 0 Å². The molecule has 5 nitrogen and oxygen atoms in total. The van der Waals surface area contributed by atoms with Crippen molar-refractivity contribution >= 4 is 29.8 Å². The lowest BCUT2D eigenvalue weighted by atomic mass is 10.1. The molecule has 90 valence electrons. The van der Waals surface area contributed by atoms with E-state index in [-0.39, 0.29) is 9.79 Å². The minimum Gasteiger partial charge on any atom is -0.225 e. The zero-order chi connectivity index (χ0) is 12.7. The molecule has 0 aliphatic carbocycles. The Morgan fingerprint density at radius 2 is 1.62 bits per heavy atom. The molecule has 0 amide bonds. The molecule has 1 aromatic carbocycles. The molecule has 0 saturated heterocycles. The fourth-order valence-electron chi connectivity index (χ4n) is 1.21. The Hall–Kier alpha value is -0.630. The van der Waals surface area contributed by atoms with E-state index >= 15 is 0 Å². The van der Waals surface area contributed by atoms with Crippen LogP contribution < -0.4 is 5.14 Å². The number of halogens is 1. The van der Waals surface area contributed by atoms with E-state index in [1.807, 2.05) is 0 Å². The van der Waals surface area contributed by atoms with Crippen LogP contribution in [0.2, 0.25) is 0 Å². The second-order valence-corrected chi connectivity index (χ2v) is 7.44. The average molecular weight is 284 g/mol. The number of aryl methyl sites for hydroxylation is 1. The number of hydrogen-bond donors (Lipinski definition) is 1. The maximum Gasteiger partial charge on any atom is 0.261 e. The summed E-state index contributed by atoms with van der Waals surface area (Å²) in [4.78, 5) is -0.506. The van der Waals surface area contributed by atoms with Gasteiger partial charge in [-0.15, -0.1) is 0 Å². The largest absolute Gasteiger partial charge is 0.261 e. The van der Waals surface area contributed by atoms with Crippen LogP contribution in [0.25, 0.3) is 0 Å². The summed E-state index contributed by atoms with van der Waals surface area (Å²) in [6.07, 6.45) is 0. The van der Waals surface area contributed by atoms with Gasteiger partial charge in [0.2, 0.25) is 10.0 Å². The van der Waals surface area contributed by atoms with E-state index in [2.05, 4.69) is 0 Å². The Morgan fingerprint density at radius 3 is 2.00 bits per heavy atom. The first-order valence-corrected chi connectivity index (χ1v) is 7.98. The Bertz CT molecular complexity index is 634. The predicted molar refractivity (Wildman–Crippen MR) is 60.3 cm³/mol. The minimum absolute atomic E-state index is 0.238. The first-order chi connectivity index (χ1) is 7.03. The summed E-state index contributed by atoms with van der Waals surface area (Å²) < 4.78 is 44.7. The molecule has 0 aromatic heterocycles. The molecule has 0 spiro atoms. The van der Waals surface area contributed by atoms with Gasteiger partial charge >= 0.3 is 0 Å². The number of hydrogen-bond acceptors (Lipinski definition) is 4. The Morgan fingerprint density at radius 1 is 1.12 bits per heavy atom. The van der Waals surface area contributed by atoms with Crippen LogP contribution in [0.3, 0.4) is 0 Å². The zero-order valence-electron chi connectivity index (χ0n) is 8.56. The van der Waals surface area contributed by atoms with Crippen LogP contribution in [0.5, 0.6) is 0 Å². The lowest BCUT2D eigenvalue weighted by molar-refractivity contribution is 0.597. The van der Waals surface area contributed by atoms with Crippen molar-refractivity contribution in [1.82, 2.24) is 0 Å².